The predicted molar refractivity (Wildman–Crippen MR) is 86.7 cm³/mol. The van der Waals surface area contributed by atoms with E-state index in [1.807, 2.05) is 0 Å². The standard InChI is InChI=1S/C17H37N3.2HI/c1-6-20(5,7-2)13-9-12-18-14-16-10-8-11-17(15-18)19(16,3)4;;/h16-17H,6-15H2,1-5H3;2*1H/q+2;;/p-2. The number of hydrogen-bond donors (Lipinski definition) is 0. The van der Waals surface area contributed by atoms with Gasteiger partial charge >= 0.3 is 0 Å². The molecule has 2 fully saturated rings. The zero-order valence-corrected chi connectivity index (χ0v) is 19.6. The third kappa shape index (κ3) is 5.43. The van der Waals surface area contributed by atoms with Gasteiger partial charge in [0.2, 0.25) is 0 Å². The minimum Gasteiger partial charge on any atom is -1.00 e. The van der Waals surface area contributed by atoms with Gasteiger partial charge in [-0.3, -0.25) is 4.90 Å². The highest BCUT2D eigenvalue weighted by molar-refractivity contribution is 4.83. The summed E-state index contributed by atoms with van der Waals surface area (Å²) >= 11 is 0. The first-order valence-electron chi connectivity index (χ1n) is 8.80. The fraction of sp³-hybridized carbons (Fsp3) is 1.00. The van der Waals surface area contributed by atoms with Crippen LogP contribution in [0.4, 0.5) is 0 Å². The van der Waals surface area contributed by atoms with Crippen LogP contribution in [0.15, 0.2) is 0 Å². The van der Waals surface area contributed by atoms with Gasteiger partial charge in [0.15, 0.2) is 0 Å². The predicted octanol–water partition coefficient (Wildman–Crippen LogP) is -3.82. The molecule has 5 heteroatoms. The van der Waals surface area contributed by atoms with E-state index in [2.05, 4.69) is 39.9 Å². The van der Waals surface area contributed by atoms with Crippen LogP contribution < -0.4 is 48.0 Å². The first kappa shape index (κ1) is 23.3. The molecule has 2 bridgehead atoms. The van der Waals surface area contributed by atoms with Crippen LogP contribution in [-0.2, 0) is 0 Å². The molecule has 2 aliphatic rings. The molecule has 0 aliphatic carbocycles. The van der Waals surface area contributed by atoms with Crippen LogP contribution in [0.2, 0.25) is 0 Å². The Morgan fingerprint density at radius 1 is 1.00 bits per heavy atom. The van der Waals surface area contributed by atoms with Crippen LogP contribution in [0.1, 0.15) is 39.5 Å². The summed E-state index contributed by atoms with van der Waals surface area (Å²) in [6, 6.07) is 1.78. The highest BCUT2D eigenvalue weighted by Gasteiger charge is 2.45. The Morgan fingerprint density at radius 2 is 1.50 bits per heavy atom. The SMILES string of the molecule is CC[N+](C)(CC)CCCN1CC2CCCC(C1)[N+]2(C)C.[I-].[I-]. The van der Waals surface area contributed by atoms with Crippen LogP contribution in [0.25, 0.3) is 0 Å². The molecule has 2 rings (SSSR count). The lowest BCUT2D eigenvalue weighted by Crippen LogP contribution is -3.00. The minimum absolute atomic E-state index is 0. The molecule has 2 atom stereocenters. The molecule has 2 unspecified atom stereocenters. The molecule has 134 valence electrons. The van der Waals surface area contributed by atoms with E-state index in [1.165, 1.54) is 73.9 Å². The number of likely N-dealkylation sites (N-methyl/N-ethyl adjacent to an activating group) is 1. The normalized spacial score (nSPS) is 27.7. The van der Waals surface area contributed by atoms with Crippen LogP contribution in [0, 0.1) is 0 Å². The van der Waals surface area contributed by atoms with Crippen LogP contribution in [0.5, 0.6) is 0 Å². The summed E-state index contributed by atoms with van der Waals surface area (Å²) in [7, 11) is 7.34. The van der Waals surface area contributed by atoms with Crippen molar-refractivity contribution >= 4 is 0 Å². The Hall–Kier alpha value is 1.34. The van der Waals surface area contributed by atoms with Gasteiger partial charge in [-0.05, 0) is 20.3 Å². The largest absolute Gasteiger partial charge is 1.00 e. The molecule has 0 aromatic rings. The molecule has 2 saturated heterocycles. The monoisotopic (exact) mass is 537 g/mol. The lowest BCUT2D eigenvalue weighted by Gasteiger charge is -2.54. The summed E-state index contributed by atoms with van der Waals surface area (Å²) in [5, 5.41) is 0. The highest BCUT2D eigenvalue weighted by atomic mass is 127. The number of piperazine rings is 1. The third-order valence-electron chi connectivity index (χ3n) is 6.59. The number of piperidine rings is 1. The molecule has 0 amide bonds. The molecule has 0 radical (unpaired) electrons. The lowest BCUT2D eigenvalue weighted by molar-refractivity contribution is -0.948. The van der Waals surface area contributed by atoms with E-state index in [0.717, 1.165) is 12.1 Å². The summed E-state index contributed by atoms with van der Waals surface area (Å²) in [5.74, 6) is 0. The Labute approximate surface area is 173 Å². The van der Waals surface area contributed by atoms with Gasteiger partial charge in [-0.1, -0.05) is 0 Å². The van der Waals surface area contributed by atoms with Crippen LogP contribution >= 0.6 is 0 Å². The van der Waals surface area contributed by atoms with Gasteiger partial charge < -0.3 is 56.9 Å². The second kappa shape index (κ2) is 9.73. The van der Waals surface area contributed by atoms with Crippen molar-refractivity contribution in [2.45, 2.75) is 51.6 Å². The number of hydrogen-bond acceptors (Lipinski definition) is 1. The van der Waals surface area contributed by atoms with Crippen molar-refractivity contribution in [3.8, 4) is 0 Å². The van der Waals surface area contributed by atoms with Gasteiger partial charge in [-0.2, -0.15) is 0 Å². The Balaban J connectivity index is 0.00000220. The molecule has 0 aromatic heterocycles. The van der Waals surface area contributed by atoms with Gasteiger partial charge in [0.25, 0.3) is 0 Å². The Morgan fingerprint density at radius 3 is 1.95 bits per heavy atom. The van der Waals surface area contributed by atoms with Crippen LogP contribution in [-0.4, -0.2) is 86.4 Å². The van der Waals surface area contributed by atoms with Gasteiger partial charge in [0, 0.05) is 25.8 Å². The maximum absolute atomic E-state index is 2.77. The average Bonchev–Trinajstić information content (AvgIpc) is 2.39. The number of rotatable bonds is 6. The number of quaternary nitrogens is 2. The van der Waals surface area contributed by atoms with Gasteiger partial charge in [-0.15, -0.1) is 0 Å². The minimum atomic E-state index is 0. The van der Waals surface area contributed by atoms with Crippen molar-refractivity contribution < 1.29 is 56.9 Å². The molecule has 0 saturated carbocycles. The fourth-order valence-corrected chi connectivity index (χ4v) is 4.23. The highest BCUT2D eigenvalue weighted by Crippen LogP contribution is 2.32. The van der Waals surface area contributed by atoms with Crippen molar-refractivity contribution in [1.29, 1.82) is 0 Å². The maximum atomic E-state index is 2.77. The molecule has 22 heavy (non-hydrogen) atoms. The second-order valence-electron chi connectivity index (χ2n) is 7.96. The third-order valence-corrected chi connectivity index (χ3v) is 6.59. The van der Waals surface area contributed by atoms with Crippen molar-refractivity contribution in [2.24, 2.45) is 0 Å². The van der Waals surface area contributed by atoms with E-state index < -0.39 is 0 Å². The lowest BCUT2D eigenvalue weighted by atomic mass is 9.89. The van der Waals surface area contributed by atoms with E-state index in [1.54, 1.807) is 0 Å². The maximum Gasteiger partial charge on any atom is 0.102 e. The summed E-state index contributed by atoms with van der Waals surface area (Å²) in [5.41, 5.74) is 0. The fourth-order valence-electron chi connectivity index (χ4n) is 4.23. The summed E-state index contributed by atoms with van der Waals surface area (Å²) in [6.45, 7) is 12.5. The first-order chi connectivity index (χ1) is 9.41. The molecule has 0 aromatic carbocycles. The zero-order chi connectivity index (χ0) is 14.8. The van der Waals surface area contributed by atoms with Crippen molar-refractivity contribution in [2.75, 3.05) is 60.4 Å². The number of halogens is 2. The molecule has 0 spiro atoms. The quantitative estimate of drug-likeness (QED) is 0.248. The van der Waals surface area contributed by atoms with Gasteiger partial charge in [-0.25, -0.2) is 0 Å². The molecular formula is C17H37I2N3. The Bertz CT molecular complexity index is 303. The van der Waals surface area contributed by atoms with E-state index in [-0.39, 0.29) is 48.0 Å². The first-order valence-corrected chi connectivity index (χ1v) is 8.80. The van der Waals surface area contributed by atoms with Crippen molar-refractivity contribution in [3.05, 3.63) is 0 Å². The molecule has 2 aliphatic heterocycles. The molecule has 3 nitrogen and oxygen atoms in total. The Kier molecular flexibility index (Phi) is 10.3. The van der Waals surface area contributed by atoms with Gasteiger partial charge in [0.05, 0.1) is 53.9 Å². The summed E-state index contributed by atoms with van der Waals surface area (Å²) in [6.07, 6.45) is 5.71. The summed E-state index contributed by atoms with van der Waals surface area (Å²) in [4.78, 5) is 2.77. The molecular weight excluding hydrogens is 500 g/mol. The number of likely N-dealkylation sites (tertiary alicyclic amines) is 1. The van der Waals surface area contributed by atoms with E-state index in [9.17, 15) is 0 Å². The van der Waals surface area contributed by atoms with E-state index in [4.69, 9.17) is 0 Å². The topological polar surface area (TPSA) is 3.24 Å². The summed E-state index contributed by atoms with van der Waals surface area (Å²) < 4.78 is 2.52. The molecule has 2 heterocycles. The number of nitrogens with zero attached hydrogens (tertiary/aromatic N) is 3. The van der Waals surface area contributed by atoms with E-state index in [0.29, 0.717) is 0 Å². The van der Waals surface area contributed by atoms with Gasteiger partial charge in [0.1, 0.15) is 12.1 Å². The smallest absolute Gasteiger partial charge is 0.102 e. The van der Waals surface area contributed by atoms with E-state index >= 15 is 0 Å². The number of fused-ring (bicyclic) bond motifs is 2. The van der Waals surface area contributed by atoms with Crippen molar-refractivity contribution in [3.63, 3.8) is 0 Å². The second-order valence-corrected chi connectivity index (χ2v) is 7.96. The zero-order valence-electron chi connectivity index (χ0n) is 15.3. The van der Waals surface area contributed by atoms with Crippen LogP contribution in [0.3, 0.4) is 0 Å². The average molecular weight is 537 g/mol. The van der Waals surface area contributed by atoms with Crippen molar-refractivity contribution in [1.82, 2.24) is 4.90 Å². The molecule has 0 N–H and O–H groups in total.